The molecule has 0 bridgehead atoms. The standard InChI is InChI=1S/C16H15FN2O4S/c1-10(24-13-6-3-11(17)4-7-13)16(20)18-14-9-12(19(21)22)5-8-15(14)23-2/h3-10H,1-2H3,(H,18,20). The van der Waals surface area contributed by atoms with E-state index in [0.717, 1.165) is 4.90 Å². The lowest BCUT2D eigenvalue weighted by atomic mass is 10.2. The number of nitrogens with zero attached hydrogens (tertiary/aromatic N) is 1. The number of benzene rings is 2. The second-order valence-corrected chi connectivity index (χ2v) is 6.26. The molecule has 0 saturated heterocycles. The quantitative estimate of drug-likeness (QED) is 0.486. The average Bonchev–Trinajstić information content (AvgIpc) is 2.56. The van der Waals surface area contributed by atoms with E-state index in [2.05, 4.69) is 5.32 Å². The minimum absolute atomic E-state index is 0.148. The van der Waals surface area contributed by atoms with Gasteiger partial charge in [0.1, 0.15) is 11.6 Å². The van der Waals surface area contributed by atoms with E-state index in [1.807, 2.05) is 0 Å². The van der Waals surface area contributed by atoms with Crippen molar-refractivity contribution in [2.75, 3.05) is 12.4 Å². The summed E-state index contributed by atoms with van der Waals surface area (Å²) < 4.78 is 18.0. The Labute approximate surface area is 142 Å². The van der Waals surface area contributed by atoms with Crippen molar-refractivity contribution in [3.63, 3.8) is 0 Å². The van der Waals surface area contributed by atoms with Crippen molar-refractivity contribution in [3.8, 4) is 5.75 Å². The summed E-state index contributed by atoms with van der Waals surface area (Å²) >= 11 is 1.25. The lowest BCUT2D eigenvalue weighted by molar-refractivity contribution is -0.384. The van der Waals surface area contributed by atoms with Crippen molar-refractivity contribution in [1.82, 2.24) is 0 Å². The van der Waals surface area contributed by atoms with Crippen LogP contribution in [0.25, 0.3) is 0 Å². The smallest absolute Gasteiger partial charge is 0.271 e. The maximum atomic E-state index is 12.9. The van der Waals surface area contributed by atoms with Crippen molar-refractivity contribution in [2.24, 2.45) is 0 Å². The summed E-state index contributed by atoms with van der Waals surface area (Å²) in [7, 11) is 1.41. The van der Waals surface area contributed by atoms with E-state index in [1.54, 1.807) is 19.1 Å². The lowest BCUT2D eigenvalue weighted by Crippen LogP contribution is -2.22. The fraction of sp³-hybridized carbons (Fsp3) is 0.188. The molecule has 0 radical (unpaired) electrons. The number of halogens is 1. The number of nitro groups is 1. The molecule has 0 aliphatic rings. The maximum Gasteiger partial charge on any atom is 0.271 e. The zero-order valence-corrected chi connectivity index (χ0v) is 13.8. The molecule has 8 heteroatoms. The van der Waals surface area contributed by atoms with Crippen molar-refractivity contribution < 1.29 is 18.8 Å². The highest BCUT2D eigenvalue weighted by molar-refractivity contribution is 8.00. The first-order chi connectivity index (χ1) is 11.4. The first kappa shape index (κ1) is 17.7. The topological polar surface area (TPSA) is 81.5 Å². The molecule has 126 valence electrons. The summed E-state index contributed by atoms with van der Waals surface area (Å²) in [4.78, 5) is 23.4. The number of non-ortho nitro benzene ring substituents is 1. The van der Waals surface area contributed by atoms with Crippen LogP contribution in [0.2, 0.25) is 0 Å². The number of amides is 1. The van der Waals surface area contributed by atoms with E-state index in [-0.39, 0.29) is 23.1 Å². The molecule has 0 fully saturated rings. The second-order valence-electron chi connectivity index (χ2n) is 4.84. The van der Waals surface area contributed by atoms with Crippen LogP contribution in [-0.2, 0) is 4.79 Å². The summed E-state index contributed by atoms with van der Waals surface area (Å²) in [5.74, 6) is -0.367. The third-order valence-corrected chi connectivity index (χ3v) is 4.26. The Hall–Kier alpha value is -2.61. The van der Waals surface area contributed by atoms with Crippen molar-refractivity contribution >= 4 is 29.0 Å². The molecule has 0 saturated carbocycles. The SMILES string of the molecule is COc1ccc([N+](=O)[O-])cc1NC(=O)C(C)Sc1ccc(F)cc1. The van der Waals surface area contributed by atoms with Crippen molar-refractivity contribution in [3.05, 3.63) is 58.4 Å². The number of ether oxygens (including phenoxy) is 1. The van der Waals surface area contributed by atoms with Gasteiger partial charge in [-0.1, -0.05) is 0 Å². The van der Waals surface area contributed by atoms with Gasteiger partial charge < -0.3 is 10.1 Å². The van der Waals surface area contributed by atoms with Crippen LogP contribution < -0.4 is 10.1 Å². The minimum atomic E-state index is -0.550. The Morgan fingerprint density at radius 2 is 1.96 bits per heavy atom. The van der Waals surface area contributed by atoms with Crippen molar-refractivity contribution in [2.45, 2.75) is 17.1 Å². The number of methoxy groups -OCH3 is 1. The van der Waals surface area contributed by atoms with E-state index in [0.29, 0.717) is 5.75 Å². The molecule has 1 amide bonds. The molecule has 1 N–H and O–H groups in total. The van der Waals surface area contributed by atoms with E-state index < -0.39 is 10.2 Å². The van der Waals surface area contributed by atoms with Gasteiger partial charge in [0.05, 0.1) is 23.0 Å². The molecule has 0 aliphatic heterocycles. The zero-order valence-electron chi connectivity index (χ0n) is 13.0. The molecular formula is C16H15FN2O4S. The van der Waals surface area contributed by atoms with Crippen molar-refractivity contribution in [1.29, 1.82) is 0 Å². The third kappa shape index (κ3) is 4.45. The molecule has 0 spiro atoms. The molecule has 2 aromatic rings. The molecule has 6 nitrogen and oxygen atoms in total. The largest absolute Gasteiger partial charge is 0.495 e. The normalized spacial score (nSPS) is 11.6. The molecule has 2 rings (SSSR count). The zero-order chi connectivity index (χ0) is 17.7. The highest BCUT2D eigenvalue weighted by Crippen LogP contribution is 2.30. The lowest BCUT2D eigenvalue weighted by Gasteiger charge is -2.14. The van der Waals surface area contributed by atoms with E-state index in [1.165, 1.54) is 49.2 Å². The van der Waals surface area contributed by atoms with Crippen LogP contribution in [0.1, 0.15) is 6.92 Å². The number of carbonyl (C=O) groups excluding carboxylic acids is 1. The third-order valence-electron chi connectivity index (χ3n) is 3.15. The van der Waals surface area contributed by atoms with Gasteiger partial charge in [-0.05, 0) is 37.3 Å². The Morgan fingerprint density at radius 1 is 1.29 bits per heavy atom. The Morgan fingerprint density at radius 3 is 2.54 bits per heavy atom. The van der Waals surface area contributed by atoms with E-state index in [9.17, 15) is 19.3 Å². The van der Waals surface area contributed by atoms with Gasteiger partial charge in [-0.2, -0.15) is 0 Å². The van der Waals surface area contributed by atoms with Gasteiger partial charge in [-0.15, -0.1) is 11.8 Å². The predicted molar refractivity (Wildman–Crippen MR) is 90.0 cm³/mol. The van der Waals surface area contributed by atoms with E-state index in [4.69, 9.17) is 4.74 Å². The molecular weight excluding hydrogens is 335 g/mol. The number of hydrogen-bond acceptors (Lipinski definition) is 5. The van der Waals surface area contributed by atoms with Gasteiger partial charge in [0, 0.05) is 17.0 Å². The van der Waals surface area contributed by atoms with Crippen LogP contribution >= 0.6 is 11.8 Å². The highest BCUT2D eigenvalue weighted by atomic mass is 32.2. The molecule has 0 aromatic heterocycles. The molecule has 2 aromatic carbocycles. The van der Waals surface area contributed by atoms with Gasteiger partial charge in [0.25, 0.3) is 5.69 Å². The number of anilines is 1. The Balaban J connectivity index is 2.11. The van der Waals surface area contributed by atoms with Crippen LogP contribution in [0.4, 0.5) is 15.8 Å². The van der Waals surface area contributed by atoms with Crippen LogP contribution in [0.3, 0.4) is 0 Å². The average molecular weight is 350 g/mol. The molecule has 0 aliphatic carbocycles. The monoisotopic (exact) mass is 350 g/mol. The maximum absolute atomic E-state index is 12.9. The van der Waals surface area contributed by atoms with Gasteiger partial charge in [0.2, 0.25) is 5.91 Å². The summed E-state index contributed by atoms with van der Waals surface area (Å²) in [5.41, 5.74) is 0.0770. The molecule has 1 unspecified atom stereocenters. The predicted octanol–water partition coefficient (Wildman–Crippen LogP) is 3.86. The summed E-state index contributed by atoms with van der Waals surface area (Å²) in [6.07, 6.45) is 0. The number of rotatable bonds is 6. The van der Waals surface area contributed by atoms with Crippen LogP contribution in [0.15, 0.2) is 47.4 Å². The fourth-order valence-electron chi connectivity index (χ4n) is 1.91. The number of nitro benzene ring substituents is 1. The van der Waals surface area contributed by atoms with E-state index >= 15 is 0 Å². The van der Waals surface area contributed by atoms with Crippen LogP contribution in [0, 0.1) is 15.9 Å². The second kappa shape index (κ2) is 7.78. The summed E-state index contributed by atoms with van der Waals surface area (Å²) in [5, 5.41) is 13.0. The number of nitrogens with one attached hydrogen (secondary N) is 1. The first-order valence-corrected chi connectivity index (χ1v) is 7.84. The van der Waals surface area contributed by atoms with Gasteiger partial charge >= 0.3 is 0 Å². The number of thioether (sulfide) groups is 1. The Bertz CT molecular complexity index is 752. The van der Waals surface area contributed by atoms with Gasteiger partial charge in [-0.25, -0.2) is 4.39 Å². The molecule has 24 heavy (non-hydrogen) atoms. The first-order valence-electron chi connectivity index (χ1n) is 6.96. The van der Waals surface area contributed by atoms with Gasteiger partial charge in [0.15, 0.2) is 0 Å². The molecule has 0 heterocycles. The fourth-order valence-corrected chi connectivity index (χ4v) is 2.78. The summed E-state index contributed by atoms with van der Waals surface area (Å²) in [6, 6.07) is 9.76. The number of hydrogen-bond donors (Lipinski definition) is 1. The number of carbonyl (C=O) groups is 1. The Kier molecular flexibility index (Phi) is 5.75. The van der Waals surface area contributed by atoms with Crippen LogP contribution in [-0.4, -0.2) is 23.2 Å². The highest BCUT2D eigenvalue weighted by Gasteiger charge is 2.18. The van der Waals surface area contributed by atoms with Crippen LogP contribution in [0.5, 0.6) is 5.75 Å². The minimum Gasteiger partial charge on any atom is -0.495 e. The van der Waals surface area contributed by atoms with Gasteiger partial charge in [-0.3, -0.25) is 14.9 Å². The summed E-state index contributed by atoms with van der Waals surface area (Å²) in [6.45, 7) is 1.69. The molecule has 1 atom stereocenters.